The van der Waals surface area contributed by atoms with Crippen molar-refractivity contribution in [3.63, 3.8) is 0 Å². The molecule has 1 aliphatic carbocycles. The molecule has 0 unspecified atom stereocenters. The van der Waals surface area contributed by atoms with E-state index in [1.54, 1.807) is 0 Å². The zero-order chi connectivity index (χ0) is 14.3. The van der Waals surface area contributed by atoms with Crippen molar-refractivity contribution in [1.82, 2.24) is 14.8 Å². The third-order valence-corrected chi connectivity index (χ3v) is 4.15. The molecule has 4 heteroatoms. The second-order valence-corrected chi connectivity index (χ2v) is 5.35. The van der Waals surface area contributed by atoms with E-state index >= 15 is 0 Å². The van der Waals surface area contributed by atoms with Crippen molar-refractivity contribution in [1.29, 1.82) is 5.26 Å². The summed E-state index contributed by atoms with van der Waals surface area (Å²) in [6.45, 7) is 6.19. The topological polar surface area (TPSA) is 54.5 Å². The predicted octanol–water partition coefficient (Wildman–Crippen LogP) is 2.81. The number of aryl methyl sites for hydroxylation is 3. The van der Waals surface area contributed by atoms with Gasteiger partial charge < -0.3 is 0 Å². The van der Waals surface area contributed by atoms with Crippen molar-refractivity contribution < 1.29 is 0 Å². The Hall–Kier alpha value is -2.15. The minimum absolute atomic E-state index is 0.624. The lowest BCUT2D eigenvalue weighted by molar-refractivity contribution is 0.792. The molecule has 2 aromatic rings. The molecule has 0 amide bonds. The van der Waals surface area contributed by atoms with E-state index < -0.39 is 0 Å². The van der Waals surface area contributed by atoms with Gasteiger partial charge in [-0.25, -0.2) is 9.67 Å². The summed E-state index contributed by atoms with van der Waals surface area (Å²) in [5, 5.41) is 14.0. The van der Waals surface area contributed by atoms with Crippen LogP contribution in [0.15, 0.2) is 6.07 Å². The molecule has 0 aliphatic heterocycles. The summed E-state index contributed by atoms with van der Waals surface area (Å²) in [7, 11) is 0. The van der Waals surface area contributed by atoms with Gasteiger partial charge in [0, 0.05) is 11.4 Å². The van der Waals surface area contributed by atoms with E-state index in [4.69, 9.17) is 4.98 Å². The molecule has 2 aromatic heterocycles. The van der Waals surface area contributed by atoms with E-state index in [2.05, 4.69) is 25.0 Å². The maximum Gasteiger partial charge on any atom is 0.171 e. The average Bonchev–Trinajstić information content (AvgIpc) is 3.01. The van der Waals surface area contributed by atoms with Gasteiger partial charge in [0.05, 0.1) is 11.3 Å². The van der Waals surface area contributed by atoms with Gasteiger partial charge in [-0.1, -0.05) is 6.92 Å². The van der Waals surface area contributed by atoms with Gasteiger partial charge in [0.25, 0.3) is 0 Å². The normalized spacial score (nSPS) is 13.3. The molecule has 3 rings (SSSR count). The van der Waals surface area contributed by atoms with Crippen molar-refractivity contribution in [2.75, 3.05) is 0 Å². The number of pyridine rings is 1. The van der Waals surface area contributed by atoms with Crippen molar-refractivity contribution >= 4 is 0 Å². The first-order valence-corrected chi connectivity index (χ1v) is 7.14. The van der Waals surface area contributed by atoms with Gasteiger partial charge in [0.1, 0.15) is 6.07 Å². The molecule has 0 bridgehead atoms. The molecule has 1 aliphatic rings. The number of hydrogen-bond donors (Lipinski definition) is 0. The summed E-state index contributed by atoms with van der Waals surface area (Å²) in [5.41, 5.74) is 6.34. The number of aromatic nitrogens is 3. The van der Waals surface area contributed by atoms with E-state index in [1.165, 1.54) is 11.1 Å². The molecule has 0 atom stereocenters. The highest BCUT2D eigenvalue weighted by Crippen LogP contribution is 2.26. The SMILES string of the molecule is CCc1c(C)nn(-c2nc3c(cc2C#N)CCC3)c1C. The quantitative estimate of drug-likeness (QED) is 0.840. The van der Waals surface area contributed by atoms with Crippen molar-refractivity contribution in [3.8, 4) is 11.9 Å². The Kier molecular flexibility index (Phi) is 3.06. The Morgan fingerprint density at radius 1 is 1.35 bits per heavy atom. The fourth-order valence-electron chi connectivity index (χ4n) is 3.10. The van der Waals surface area contributed by atoms with Crippen LogP contribution in [0.2, 0.25) is 0 Å². The van der Waals surface area contributed by atoms with Crippen LogP contribution in [-0.4, -0.2) is 14.8 Å². The van der Waals surface area contributed by atoms with Crippen LogP contribution in [0.25, 0.3) is 5.82 Å². The molecule has 20 heavy (non-hydrogen) atoms. The average molecular weight is 266 g/mol. The van der Waals surface area contributed by atoms with Gasteiger partial charge in [-0.05, 0) is 56.7 Å². The number of hydrogen-bond acceptors (Lipinski definition) is 3. The number of nitrogens with zero attached hydrogens (tertiary/aromatic N) is 4. The van der Waals surface area contributed by atoms with Crippen LogP contribution < -0.4 is 0 Å². The Labute approximate surface area is 119 Å². The van der Waals surface area contributed by atoms with E-state index in [-0.39, 0.29) is 0 Å². The minimum Gasteiger partial charge on any atom is -0.232 e. The zero-order valence-corrected chi connectivity index (χ0v) is 12.2. The summed E-state index contributed by atoms with van der Waals surface area (Å²) in [5.74, 6) is 0.688. The van der Waals surface area contributed by atoms with Crippen molar-refractivity contribution in [3.05, 3.63) is 39.8 Å². The molecule has 2 heterocycles. The van der Waals surface area contributed by atoms with Gasteiger partial charge in [-0.2, -0.15) is 10.4 Å². The first-order chi connectivity index (χ1) is 9.65. The van der Waals surface area contributed by atoms with Crippen LogP contribution in [0.1, 0.15) is 47.1 Å². The molecule has 102 valence electrons. The summed E-state index contributed by atoms with van der Waals surface area (Å²) in [4.78, 5) is 4.72. The highest BCUT2D eigenvalue weighted by molar-refractivity contribution is 5.49. The van der Waals surface area contributed by atoms with Crippen LogP contribution in [0.4, 0.5) is 0 Å². The fourth-order valence-corrected chi connectivity index (χ4v) is 3.10. The summed E-state index contributed by atoms with van der Waals surface area (Å²) >= 11 is 0. The molecule has 0 aromatic carbocycles. The van der Waals surface area contributed by atoms with E-state index in [0.29, 0.717) is 11.4 Å². The third kappa shape index (κ3) is 1.82. The molecule has 0 saturated heterocycles. The molecule has 0 saturated carbocycles. The lowest BCUT2D eigenvalue weighted by Gasteiger charge is -2.09. The van der Waals surface area contributed by atoms with Crippen molar-refractivity contribution in [2.45, 2.75) is 46.5 Å². The smallest absolute Gasteiger partial charge is 0.171 e. The number of rotatable bonds is 2. The third-order valence-electron chi connectivity index (χ3n) is 4.15. The maximum atomic E-state index is 9.40. The maximum absolute atomic E-state index is 9.40. The molecule has 0 spiro atoms. The summed E-state index contributed by atoms with van der Waals surface area (Å²) in [6, 6.07) is 4.27. The van der Waals surface area contributed by atoms with Crippen LogP contribution in [0, 0.1) is 25.2 Å². The highest BCUT2D eigenvalue weighted by Gasteiger charge is 2.20. The van der Waals surface area contributed by atoms with Crippen LogP contribution in [0.5, 0.6) is 0 Å². The molecule has 0 radical (unpaired) electrons. The standard InChI is InChI=1S/C16H18N4/c1-4-14-10(2)19-20(11(14)3)16-13(9-17)8-12-6-5-7-15(12)18-16/h8H,4-7H2,1-3H3. The van der Waals surface area contributed by atoms with E-state index in [9.17, 15) is 5.26 Å². The van der Waals surface area contributed by atoms with Gasteiger partial charge in [0.15, 0.2) is 5.82 Å². The minimum atomic E-state index is 0.624. The second-order valence-electron chi connectivity index (χ2n) is 5.35. The first kappa shape index (κ1) is 12.9. The van der Waals surface area contributed by atoms with Crippen LogP contribution >= 0.6 is 0 Å². The number of fused-ring (bicyclic) bond motifs is 1. The first-order valence-electron chi connectivity index (χ1n) is 7.14. The molecular weight excluding hydrogens is 248 g/mol. The van der Waals surface area contributed by atoms with Crippen molar-refractivity contribution in [2.24, 2.45) is 0 Å². The Morgan fingerprint density at radius 3 is 2.80 bits per heavy atom. The lowest BCUT2D eigenvalue weighted by Crippen LogP contribution is -2.07. The Bertz CT molecular complexity index is 719. The lowest BCUT2D eigenvalue weighted by atomic mass is 10.1. The Morgan fingerprint density at radius 2 is 2.15 bits per heavy atom. The molecule has 0 fully saturated rings. The van der Waals surface area contributed by atoms with Gasteiger partial charge >= 0.3 is 0 Å². The van der Waals surface area contributed by atoms with Gasteiger partial charge in [0.2, 0.25) is 0 Å². The van der Waals surface area contributed by atoms with E-state index in [1.807, 2.05) is 17.7 Å². The van der Waals surface area contributed by atoms with Crippen LogP contribution in [0.3, 0.4) is 0 Å². The molecular formula is C16H18N4. The molecule has 0 N–H and O–H groups in total. The second kappa shape index (κ2) is 4.75. The van der Waals surface area contributed by atoms with Gasteiger partial charge in [-0.15, -0.1) is 0 Å². The monoisotopic (exact) mass is 266 g/mol. The summed E-state index contributed by atoms with van der Waals surface area (Å²) in [6.07, 6.45) is 4.13. The number of nitriles is 1. The predicted molar refractivity (Wildman–Crippen MR) is 77.0 cm³/mol. The largest absolute Gasteiger partial charge is 0.232 e. The summed E-state index contributed by atoms with van der Waals surface area (Å²) < 4.78 is 1.84. The van der Waals surface area contributed by atoms with Crippen LogP contribution in [-0.2, 0) is 19.3 Å². The van der Waals surface area contributed by atoms with Gasteiger partial charge in [-0.3, -0.25) is 0 Å². The van der Waals surface area contributed by atoms with E-state index in [0.717, 1.165) is 42.8 Å². The highest BCUT2D eigenvalue weighted by atomic mass is 15.3. The zero-order valence-electron chi connectivity index (χ0n) is 12.2. The Balaban J connectivity index is 2.22. The fraction of sp³-hybridized carbons (Fsp3) is 0.438. The molecule has 4 nitrogen and oxygen atoms in total.